The van der Waals surface area contributed by atoms with Crippen LogP contribution in [-0.4, -0.2) is 47.5 Å². The molecule has 1 aliphatic rings. The summed E-state index contributed by atoms with van der Waals surface area (Å²) in [6, 6.07) is 16.9. The first-order valence-electron chi connectivity index (χ1n) is 14.2. The Balaban J connectivity index is 0.00000417. The Morgan fingerprint density at radius 2 is 1.65 bits per heavy atom. The van der Waals surface area contributed by atoms with Gasteiger partial charge in [0.1, 0.15) is 17.0 Å². The van der Waals surface area contributed by atoms with E-state index in [0.717, 1.165) is 33.4 Å². The molecule has 0 saturated heterocycles. The van der Waals surface area contributed by atoms with Gasteiger partial charge >= 0.3 is 0 Å². The fourth-order valence-electron chi connectivity index (χ4n) is 4.70. The van der Waals surface area contributed by atoms with Gasteiger partial charge in [-0.3, -0.25) is 19.6 Å². The van der Waals surface area contributed by atoms with Crippen molar-refractivity contribution in [1.29, 1.82) is 0 Å². The number of halogens is 2. The maximum atomic E-state index is 15.2. The van der Waals surface area contributed by atoms with E-state index in [1.807, 2.05) is 24.4 Å². The zero-order chi connectivity index (χ0) is 31.4. The summed E-state index contributed by atoms with van der Waals surface area (Å²) in [4.78, 5) is 35.8. The van der Waals surface area contributed by atoms with E-state index >= 15 is 4.39 Å². The molecule has 5 aromatic rings. The molecule has 2 aromatic carbocycles. The average molecular weight is 648 g/mol. The molecule has 238 valence electrons. The molecule has 1 fully saturated rings. The highest BCUT2D eigenvalue weighted by Crippen LogP contribution is 2.48. The first kappa shape index (κ1) is 32.6. The molecule has 3 heterocycles. The van der Waals surface area contributed by atoms with Gasteiger partial charge in [-0.2, -0.15) is 0 Å². The van der Waals surface area contributed by atoms with Crippen LogP contribution in [0.3, 0.4) is 0 Å². The monoisotopic (exact) mass is 647 g/mol. The summed E-state index contributed by atoms with van der Waals surface area (Å²) in [5.41, 5.74) is 1.83. The minimum atomic E-state index is -1.27. The van der Waals surface area contributed by atoms with Crippen LogP contribution in [0.4, 0.5) is 20.2 Å². The van der Waals surface area contributed by atoms with E-state index in [1.165, 1.54) is 47.7 Å². The lowest BCUT2D eigenvalue weighted by Gasteiger charge is -2.16. The molecule has 2 amide bonds. The molecule has 1 aliphatic carbocycles. The molecule has 6 rings (SSSR count). The molecule has 0 atom stereocenters. The number of amides is 2. The number of methoxy groups -OCH3 is 1. The van der Waals surface area contributed by atoms with Gasteiger partial charge in [0.25, 0.3) is 0 Å². The fourth-order valence-corrected chi connectivity index (χ4v) is 5.74. The minimum Gasteiger partial charge on any atom is -0.453 e. The second-order valence-corrected chi connectivity index (χ2v) is 11.7. The zero-order valence-corrected chi connectivity index (χ0v) is 25.5. The molecule has 0 spiro atoms. The van der Waals surface area contributed by atoms with E-state index in [0.29, 0.717) is 42.9 Å². The topological polar surface area (TPSA) is 146 Å². The molecule has 0 aliphatic heterocycles. The zero-order valence-electron chi connectivity index (χ0n) is 24.7. The van der Waals surface area contributed by atoms with Crippen LogP contribution < -0.4 is 20.7 Å². The summed E-state index contributed by atoms with van der Waals surface area (Å²) >= 11 is 1.44. The van der Waals surface area contributed by atoms with Crippen molar-refractivity contribution in [2.24, 2.45) is 5.41 Å². The first-order valence-corrected chi connectivity index (χ1v) is 15.1. The Hall–Kier alpha value is -4.82. The van der Waals surface area contributed by atoms with Crippen LogP contribution >= 0.6 is 11.3 Å². The molecule has 5 N–H and O–H groups in total. The lowest BCUT2D eigenvalue weighted by Crippen LogP contribution is -2.35. The third kappa shape index (κ3) is 7.18. The van der Waals surface area contributed by atoms with E-state index < -0.39 is 28.9 Å². The van der Waals surface area contributed by atoms with Gasteiger partial charge in [-0.25, -0.2) is 8.78 Å². The van der Waals surface area contributed by atoms with Crippen LogP contribution in [-0.2, 0) is 20.9 Å². The van der Waals surface area contributed by atoms with Crippen LogP contribution in [0.25, 0.3) is 20.8 Å². The largest absolute Gasteiger partial charge is 0.453 e. The number of rotatable bonds is 12. The van der Waals surface area contributed by atoms with E-state index in [4.69, 9.17) is 9.47 Å². The molecule has 13 heteroatoms. The first-order chi connectivity index (χ1) is 21.8. The van der Waals surface area contributed by atoms with Crippen molar-refractivity contribution < 1.29 is 33.3 Å². The maximum Gasteiger partial charge on any atom is 0.240 e. The van der Waals surface area contributed by atoms with Gasteiger partial charge in [0.05, 0.1) is 27.4 Å². The Kier molecular flexibility index (Phi) is 9.97. The van der Waals surface area contributed by atoms with E-state index in [9.17, 15) is 14.0 Å². The number of nitrogens with one attached hydrogen (secondary N) is 3. The molecule has 46 heavy (non-hydrogen) atoms. The van der Waals surface area contributed by atoms with E-state index in [2.05, 4.69) is 25.9 Å². The highest BCUT2D eigenvalue weighted by atomic mass is 32.1. The number of ether oxygens (including phenoxy) is 2. The second-order valence-electron chi connectivity index (χ2n) is 10.6. The number of hydrogen-bond acceptors (Lipinski definition) is 8. The summed E-state index contributed by atoms with van der Waals surface area (Å²) in [5, 5.41) is 8.58. The summed E-state index contributed by atoms with van der Waals surface area (Å²) in [6.07, 6.45) is 4.11. The number of carbonyl (C=O) groups excluding carboxylic acids is 2. The predicted molar refractivity (Wildman–Crippen MR) is 172 cm³/mol. The summed E-state index contributed by atoms with van der Waals surface area (Å²) < 4.78 is 40.1. The Morgan fingerprint density at radius 3 is 2.33 bits per heavy atom. The Labute approximate surface area is 267 Å². The van der Waals surface area contributed by atoms with Gasteiger partial charge in [-0.15, -0.1) is 11.3 Å². The van der Waals surface area contributed by atoms with Gasteiger partial charge in [-0.05, 0) is 66.9 Å². The summed E-state index contributed by atoms with van der Waals surface area (Å²) in [5.74, 6) is -1.76. The van der Waals surface area contributed by atoms with Crippen molar-refractivity contribution in [3.63, 3.8) is 0 Å². The SMILES string of the molecule is COCCNCc1ccc(-c2cc3nccc(Oc4ccc(NC(=O)C5(C(=O)Nc6ccc(F)cc6)CC5)cc4F)c3s2)nc1.O. The minimum absolute atomic E-state index is 0. The van der Waals surface area contributed by atoms with Crippen LogP contribution in [0.5, 0.6) is 11.5 Å². The van der Waals surface area contributed by atoms with Crippen molar-refractivity contribution in [3.05, 3.63) is 96.3 Å². The fraction of sp³-hybridized carbons (Fsp3) is 0.212. The number of nitrogens with zero attached hydrogens (tertiary/aromatic N) is 2. The number of carbonyl (C=O) groups is 2. The number of benzene rings is 2. The van der Waals surface area contributed by atoms with Gasteiger partial charge in [-0.1, -0.05) is 6.07 Å². The van der Waals surface area contributed by atoms with Crippen molar-refractivity contribution in [1.82, 2.24) is 15.3 Å². The Morgan fingerprint density at radius 1 is 0.913 bits per heavy atom. The number of thiophene rings is 1. The van der Waals surface area contributed by atoms with Gasteiger partial charge in [0.2, 0.25) is 11.8 Å². The number of hydrogen-bond donors (Lipinski definition) is 3. The molecule has 10 nitrogen and oxygen atoms in total. The molecule has 0 radical (unpaired) electrons. The lowest BCUT2D eigenvalue weighted by molar-refractivity contribution is -0.131. The third-order valence-corrected chi connectivity index (χ3v) is 8.56. The summed E-state index contributed by atoms with van der Waals surface area (Å²) in [7, 11) is 1.66. The molecule has 1 saturated carbocycles. The van der Waals surface area contributed by atoms with E-state index in [1.54, 1.807) is 19.4 Å². The van der Waals surface area contributed by atoms with Crippen LogP contribution in [0.1, 0.15) is 18.4 Å². The average Bonchev–Trinajstić information content (AvgIpc) is 3.75. The van der Waals surface area contributed by atoms with Gasteiger partial charge < -0.3 is 30.9 Å². The van der Waals surface area contributed by atoms with Gasteiger partial charge in [0.15, 0.2) is 11.6 Å². The van der Waals surface area contributed by atoms with Crippen LogP contribution in [0.2, 0.25) is 0 Å². The number of fused-ring (bicyclic) bond motifs is 1. The van der Waals surface area contributed by atoms with E-state index in [-0.39, 0.29) is 16.9 Å². The van der Waals surface area contributed by atoms with Crippen LogP contribution in [0.15, 0.2) is 79.1 Å². The van der Waals surface area contributed by atoms with Crippen molar-refractivity contribution in [3.8, 4) is 22.1 Å². The molecule has 3 aromatic heterocycles. The van der Waals surface area contributed by atoms with Crippen molar-refractivity contribution in [2.45, 2.75) is 19.4 Å². The van der Waals surface area contributed by atoms with Gasteiger partial charge in [0, 0.05) is 56.1 Å². The molecule has 0 bridgehead atoms. The molecule has 0 unspecified atom stereocenters. The lowest BCUT2D eigenvalue weighted by atomic mass is 10.0. The highest BCUT2D eigenvalue weighted by molar-refractivity contribution is 7.22. The normalized spacial score (nSPS) is 13.1. The van der Waals surface area contributed by atoms with Crippen LogP contribution in [0, 0.1) is 17.0 Å². The highest BCUT2D eigenvalue weighted by Gasteiger charge is 2.56. The smallest absolute Gasteiger partial charge is 0.240 e. The molecular weight excluding hydrogens is 616 g/mol. The Bertz CT molecular complexity index is 1850. The number of aromatic nitrogens is 2. The quantitative estimate of drug-likeness (QED) is 0.116. The third-order valence-electron chi connectivity index (χ3n) is 7.40. The number of pyridine rings is 2. The predicted octanol–water partition coefficient (Wildman–Crippen LogP) is 5.70. The standard InChI is InChI=1S/C33H29F2N5O4S.H2O/c1-43-15-14-36-18-20-2-8-25(38-19-20)29-17-26-30(45-29)28(10-13-37-26)44-27-9-7-23(16-24(27)35)40-32(42)33(11-12-33)31(41)39-22-5-3-21(34)4-6-22;/h2-10,13,16-17,19,36H,11-12,14-15,18H2,1H3,(H,39,41)(H,40,42);1H2. The summed E-state index contributed by atoms with van der Waals surface area (Å²) in [6.45, 7) is 2.07. The van der Waals surface area contributed by atoms with Crippen molar-refractivity contribution in [2.75, 3.05) is 30.9 Å². The molecular formula is C33H31F2N5O5S. The second kappa shape index (κ2) is 14.1. The van der Waals surface area contributed by atoms with Crippen molar-refractivity contribution >= 4 is 44.7 Å². The number of anilines is 2. The maximum absolute atomic E-state index is 15.2.